The van der Waals surface area contributed by atoms with Crippen LogP contribution in [-0.2, 0) is 4.74 Å². The highest BCUT2D eigenvalue weighted by molar-refractivity contribution is 5.89. The molecule has 0 saturated carbocycles. The molecule has 1 N–H and O–H groups in total. The van der Waals surface area contributed by atoms with Gasteiger partial charge in [0, 0.05) is 0 Å². The lowest BCUT2D eigenvalue weighted by Gasteiger charge is -2.13. The molecule has 0 amide bonds. The van der Waals surface area contributed by atoms with E-state index in [1.54, 1.807) is 37.3 Å². The zero-order valence-electron chi connectivity index (χ0n) is 12.2. The lowest BCUT2D eigenvalue weighted by Crippen LogP contribution is -2.18. The highest BCUT2D eigenvalue weighted by Gasteiger charge is 2.19. The second-order valence-electron chi connectivity index (χ2n) is 5.00. The summed E-state index contributed by atoms with van der Waals surface area (Å²) in [6, 6.07) is 12.4. The zero-order chi connectivity index (χ0) is 16.4. The smallest absolute Gasteiger partial charge is 0.341 e. The molecule has 3 aromatic rings. The van der Waals surface area contributed by atoms with E-state index in [0.29, 0.717) is 10.9 Å². The van der Waals surface area contributed by atoms with Crippen molar-refractivity contribution in [2.45, 2.75) is 13.0 Å². The van der Waals surface area contributed by atoms with Gasteiger partial charge in [-0.25, -0.2) is 14.2 Å². The minimum Gasteiger partial charge on any atom is -0.451 e. The fourth-order valence-electron chi connectivity index (χ4n) is 2.20. The van der Waals surface area contributed by atoms with E-state index in [0.717, 1.165) is 0 Å². The summed E-state index contributed by atoms with van der Waals surface area (Å²) in [5, 5.41) is 0.448. The van der Waals surface area contributed by atoms with E-state index in [1.165, 1.54) is 18.2 Å². The van der Waals surface area contributed by atoms with E-state index in [-0.39, 0.29) is 16.9 Å². The van der Waals surface area contributed by atoms with E-state index in [2.05, 4.69) is 9.97 Å². The minimum absolute atomic E-state index is 0.164. The van der Waals surface area contributed by atoms with Gasteiger partial charge in [0.2, 0.25) is 0 Å². The summed E-state index contributed by atoms with van der Waals surface area (Å²) >= 11 is 0. The second-order valence-corrected chi connectivity index (χ2v) is 5.00. The van der Waals surface area contributed by atoms with E-state index in [9.17, 15) is 14.0 Å². The molecule has 0 aliphatic carbocycles. The summed E-state index contributed by atoms with van der Waals surface area (Å²) in [6.07, 6.45) is -0.820. The Labute approximate surface area is 130 Å². The molecule has 2 aromatic carbocycles. The van der Waals surface area contributed by atoms with Crippen molar-refractivity contribution in [2.75, 3.05) is 0 Å². The van der Waals surface area contributed by atoms with Crippen LogP contribution in [0.25, 0.3) is 10.9 Å². The first-order chi connectivity index (χ1) is 11.1. The number of hydrogen-bond donors (Lipinski definition) is 1. The number of nitrogens with one attached hydrogen (secondary N) is 1. The minimum atomic E-state index is -0.820. The molecule has 0 saturated heterocycles. The number of halogens is 1. The van der Waals surface area contributed by atoms with Crippen molar-refractivity contribution in [1.29, 1.82) is 0 Å². The summed E-state index contributed by atoms with van der Waals surface area (Å²) in [5.41, 5.74) is 0.0157. The number of carbonyl (C=O) groups excluding carboxylic acids is 1. The van der Waals surface area contributed by atoms with Crippen LogP contribution in [-0.4, -0.2) is 15.9 Å². The van der Waals surface area contributed by atoms with Crippen LogP contribution in [0.15, 0.2) is 53.3 Å². The average molecular weight is 312 g/mol. The van der Waals surface area contributed by atoms with Crippen molar-refractivity contribution < 1.29 is 13.9 Å². The Kier molecular flexibility index (Phi) is 3.89. The van der Waals surface area contributed by atoms with Gasteiger partial charge in [-0.15, -0.1) is 0 Å². The number of nitrogens with zero attached hydrogens (tertiary/aromatic N) is 1. The quantitative estimate of drug-likeness (QED) is 0.755. The van der Waals surface area contributed by atoms with Gasteiger partial charge in [0.25, 0.3) is 5.56 Å². The molecule has 0 spiro atoms. The van der Waals surface area contributed by atoms with Crippen molar-refractivity contribution in [3.63, 3.8) is 0 Å². The van der Waals surface area contributed by atoms with Gasteiger partial charge in [0.15, 0.2) is 11.9 Å². The molecular formula is C17H13FN2O3. The summed E-state index contributed by atoms with van der Waals surface area (Å²) < 4.78 is 18.8. The Morgan fingerprint density at radius 3 is 2.65 bits per heavy atom. The SMILES string of the molecule is C[C@H](OC(=O)c1ccccc1F)c1nc2ccccc2c(=O)[nH]1. The first-order valence-corrected chi connectivity index (χ1v) is 7.00. The Hall–Kier alpha value is -3.02. The van der Waals surface area contributed by atoms with Crippen LogP contribution in [0.2, 0.25) is 0 Å². The molecule has 1 atom stereocenters. The van der Waals surface area contributed by atoms with Crippen LogP contribution >= 0.6 is 0 Å². The van der Waals surface area contributed by atoms with Crippen LogP contribution in [0, 0.1) is 5.82 Å². The van der Waals surface area contributed by atoms with Gasteiger partial charge >= 0.3 is 5.97 Å². The summed E-state index contributed by atoms with van der Waals surface area (Å²) in [4.78, 5) is 30.9. The molecule has 0 fully saturated rings. The van der Waals surface area contributed by atoms with Crippen molar-refractivity contribution in [3.05, 3.63) is 76.1 Å². The van der Waals surface area contributed by atoms with Gasteiger partial charge in [-0.1, -0.05) is 24.3 Å². The first kappa shape index (κ1) is 14.9. The highest BCUT2D eigenvalue weighted by atomic mass is 19.1. The number of esters is 1. The van der Waals surface area contributed by atoms with Crippen molar-refractivity contribution >= 4 is 16.9 Å². The molecule has 3 rings (SSSR count). The molecule has 0 aliphatic heterocycles. The number of fused-ring (bicyclic) bond motifs is 1. The van der Waals surface area contributed by atoms with E-state index in [4.69, 9.17) is 4.74 Å². The fraction of sp³-hybridized carbons (Fsp3) is 0.118. The number of rotatable bonds is 3. The number of carbonyl (C=O) groups is 1. The highest BCUT2D eigenvalue weighted by Crippen LogP contribution is 2.17. The van der Waals surface area contributed by atoms with E-state index < -0.39 is 17.9 Å². The molecule has 0 bridgehead atoms. The maximum absolute atomic E-state index is 13.6. The molecule has 1 aromatic heterocycles. The van der Waals surface area contributed by atoms with E-state index >= 15 is 0 Å². The maximum Gasteiger partial charge on any atom is 0.341 e. The first-order valence-electron chi connectivity index (χ1n) is 7.00. The van der Waals surface area contributed by atoms with E-state index in [1.807, 2.05) is 0 Å². The van der Waals surface area contributed by atoms with Crippen molar-refractivity contribution in [2.24, 2.45) is 0 Å². The Bertz CT molecular complexity index is 936. The number of aromatic nitrogens is 2. The van der Waals surface area contributed by atoms with Gasteiger partial charge < -0.3 is 9.72 Å². The topological polar surface area (TPSA) is 72.0 Å². The lowest BCUT2D eigenvalue weighted by molar-refractivity contribution is 0.0314. The maximum atomic E-state index is 13.6. The standard InChI is InChI=1S/C17H13FN2O3/c1-10(23-17(22)11-6-2-4-8-13(11)18)15-19-14-9-5-3-7-12(14)16(21)20-15/h2-10H,1H3,(H,19,20,21)/t10-/m0/s1. The van der Waals surface area contributed by atoms with Gasteiger partial charge in [-0.05, 0) is 31.2 Å². The third kappa shape index (κ3) is 2.96. The average Bonchev–Trinajstić information content (AvgIpc) is 2.55. The van der Waals surface area contributed by atoms with Crippen LogP contribution < -0.4 is 5.56 Å². The summed E-state index contributed by atoms with van der Waals surface area (Å²) in [5.74, 6) is -1.27. The molecule has 0 aliphatic rings. The summed E-state index contributed by atoms with van der Waals surface area (Å²) in [6.45, 7) is 1.56. The molecule has 6 heteroatoms. The fourth-order valence-corrected chi connectivity index (χ4v) is 2.20. The number of H-pyrrole nitrogens is 1. The number of para-hydroxylation sites is 1. The van der Waals surface area contributed by atoms with Gasteiger partial charge in [0.1, 0.15) is 5.82 Å². The Morgan fingerprint density at radius 1 is 1.17 bits per heavy atom. The van der Waals surface area contributed by atoms with Gasteiger partial charge in [-0.3, -0.25) is 4.79 Å². The second kappa shape index (κ2) is 6.00. The van der Waals surface area contributed by atoms with Crippen LogP contribution in [0.1, 0.15) is 29.2 Å². The summed E-state index contributed by atoms with van der Waals surface area (Å²) in [7, 11) is 0. The predicted molar refractivity (Wildman–Crippen MR) is 82.6 cm³/mol. The van der Waals surface area contributed by atoms with Crippen LogP contribution in [0.3, 0.4) is 0 Å². The zero-order valence-corrected chi connectivity index (χ0v) is 12.2. The van der Waals surface area contributed by atoms with Gasteiger partial charge in [-0.2, -0.15) is 0 Å². The molecular weight excluding hydrogens is 299 g/mol. The lowest BCUT2D eigenvalue weighted by atomic mass is 10.2. The number of hydrogen-bond acceptors (Lipinski definition) is 4. The molecule has 1 heterocycles. The predicted octanol–water partition coefficient (Wildman–Crippen LogP) is 2.98. The monoisotopic (exact) mass is 312 g/mol. The molecule has 116 valence electrons. The third-order valence-electron chi connectivity index (χ3n) is 3.39. The van der Waals surface area contributed by atoms with Crippen LogP contribution in [0.5, 0.6) is 0 Å². The number of aromatic amines is 1. The van der Waals surface area contributed by atoms with Gasteiger partial charge in [0.05, 0.1) is 16.5 Å². The Morgan fingerprint density at radius 2 is 1.87 bits per heavy atom. The number of benzene rings is 2. The van der Waals surface area contributed by atoms with Crippen molar-refractivity contribution in [1.82, 2.24) is 9.97 Å². The molecule has 5 nitrogen and oxygen atoms in total. The largest absolute Gasteiger partial charge is 0.451 e. The van der Waals surface area contributed by atoms with Crippen LogP contribution in [0.4, 0.5) is 4.39 Å². The normalized spacial score (nSPS) is 12.1. The third-order valence-corrected chi connectivity index (χ3v) is 3.39. The number of ether oxygens (including phenoxy) is 1. The Balaban J connectivity index is 1.89. The molecule has 0 unspecified atom stereocenters. The molecule has 0 radical (unpaired) electrons. The molecule has 23 heavy (non-hydrogen) atoms. The van der Waals surface area contributed by atoms with Crippen molar-refractivity contribution in [3.8, 4) is 0 Å².